The molecule has 2 aromatic carbocycles. The molecule has 0 saturated heterocycles. The number of nitrogens with one attached hydrogen (secondary N) is 2. The first-order valence-corrected chi connectivity index (χ1v) is 12.7. The Morgan fingerprint density at radius 1 is 1.12 bits per heavy atom. The van der Waals surface area contributed by atoms with Gasteiger partial charge in [-0.25, -0.2) is 13.1 Å². The van der Waals surface area contributed by atoms with E-state index in [9.17, 15) is 13.2 Å². The van der Waals surface area contributed by atoms with E-state index >= 15 is 0 Å². The lowest BCUT2D eigenvalue weighted by atomic mass is 9.96. The Labute approximate surface area is 197 Å². The molecule has 2 N–H and O–H groups in total. The molecule has 32 heavy (non-hydrogen) atoms. The molecule has 3 aromatic rings. The van der Waals surface area contributed by atoms with Gasteiger partial charge in [0.25, 0.3) is 0 Å². The molecule has 0 spiro atoms. The first kappa shape index (κ1) is 23.1. The maximum absolute atomic E-state index is 13.1. The van der Waals surface area contributed by atoms with Crippen molar-refractivity contribution in [1.82, 2.24) is 9.71 Å². The van der Waals surface area contributed by atoms with E-state index in [4.69, 9.17) is 27.9 Å². The lowest BCUT2D eigenvalue weighted by Gasteiger charge is -2.23. The number of hydrogen-bond donors (Lipinski definition) is 2. The Morgan fingerprint density at radius 3 is 2.59 bits per heavy atom. The summed E-state index contributed by atoms with van der Waals surface area (Å²) < 4.78 is 33.9. The summed E-state index contributed by atoms with van der Waals surface area (Å²) in [7, 11) is -2.48. The third kappa shape index (κ3) is 4.81. The number of carbonyl (C=O) groups is 1. The smallest absolute Gasteiger partial charge is 0.310 e. The summed E-state index contributed by atoms with van der Waals surface area (Å²) in [6, 6.07) is 10.1. The fourth-order valence-electron chi connectivity index (χ4n) is 4.24. The summed E-state index contributed by atoms with van der Waals surface area (Å²) in [5.74, 6) is -0.400. The summed E-state index contributed by atoms with van der Waals surface area (Å²) in [6.45, 7) is 0. The molecule has 6 nitrogen and oxygen atoms in total. The van der Waals surface area contributed by atoms with E-state index in [0.29, 0.717) is 21.8 Å². The Morgan fingerprint density at radius 2 is 1.88 bits per heavy atom. The highest BCUT2D eigenvalue weighted by Crippen LogP contribution is 2.35. The Balaban J connectivity index is 1.79. The maximum atomic E-state index is 13.1. The van der Waals surface area contributed by atoms with E-state index in [1.165, 1.54) is 7.11 Å². The molecule has 1 aliphatic rings. The van der Waals surface area contributed by atoms with Crippen LogP contribution in [0.3, 0.4) is 0 Å². The molecular formula is C23H24Cl2N2O4S. The van der Waals surface area contributed by atoms with Crippen molar-refractivity contribution in [3.63, 3.8) is 0 Å². The van der Waals surface area contributed by atoms with Crippen LogP contribution in [0.1, 0.15) is 37.7 Å². The minimum Gasteiger partial charge on any atom is -0.469 e. The summed E-state index contributed by atoms with van der Waals surface area (Å²) in [5, 5.41) is 1.51. The lowest BCUT2D eigenvalue weighted by molar-refractivity contribution is -0.139. The van der Waals surface area contributed by atoms with E-state index in [2.05, 4.69) is 9.71 Å². The van der Waals surface area contributed by atoms with Crippen LogP contribution in [-0.4, -0.2) is 32.5 Å². The number of aromatic nitrogens is 1. The molecule has 0 bridgehead atoms. The van der Waals surface area contributed by atoms with Gasteiger partial charge < -0.3 is 9.72 Å². The molecule has 1 fully saturated rings. The zero-order chi connectivity index (χ0) is 22.9. The summed E-state index contributed by atoms with van der Waals surface area (Å²) in [5.41, 5.74) is 2.67. The second-order valence-electron chi connectivity index (χ2n) is 8.02. The number of halogens is 2. The van der Waals surface area contributed by atoms with Crippen LogP contribution in [0.5, 0.6) is 0 Å². The number of aromatic amines is 1. The molecule has 9 heteroatoms. The minimum absolute atomic E-state index is 0.0166. The number of esters is 1. The van der Waals surface area contributed by atoms with Gasteiger partial charge in [0, 0.05) is 22.0 Å². The topological polar surface area (TPSA) is 88.3 Å². The third-order valence-corrected chi connectivity index (χ3v) is 8.09. The van der Waals surface area contributed by atoms with Crippen molar-refractivity contribution in [2.75, 3.05) is 7.11 Å². The number of H-pyrrole nitrogens is 1. The predicted molar refractivity (Wildman–Crippen MR) is 127 cm³/mol. The van der Waals surface area contributed by atoms with Crippen LogP contribution < -0.4 is 4.72 Å². The van der Waals surface area contributed by atoms with Crippen LogP contribution in [0.15, 0.2) is 41.3 Å². The number of sulfonamides is 1. The van der Waals surface area contributed by atoms with E-state index < -0.39 is 16.0 Å². The summed E-state index contributed by atoms with van der Waals surface area (Å²) >= 11 is 12.5. The number of methoxy groups -OCH3 is 1. The van der Waals surface area contributed by atoms with E-state index in [1.54, 1.807) is 30.3 Å². The monoisotopic (exact) mass is 494 g/mol. The van der Waals surface area contributed by atoms with Crippen molar-refractivity contribution in [3.05, 3.63) is 52.0 Å². The van der Waals surface area contributed by atoms with Crippen molar-refractivity contribution < 1.29 is 17.9 Å². The summed E-state index contributed by atoms with van der Waals surface area (Å²) in [6.07, 6.45) is 4.82. The van der Waals surface area contributed by atoms with Crippen LogP contribution >= 0.6 is 23.2 Å². The van der Waals surface area contributed by atoms with Gasteiger partial charge in [-0.2, -0.15) is 0 Å². The van der Waals surface area contributed by atoms with Crippen molar-refractivity contribution in [3.8, 4) is 11.3 Å². The second-order valence-corrected chi connectivity index (χ2v) is 10.5. The highest BCUT2D eigenvalue weighted by atomic mass is 35.5. The molecule has 4 rings (SSSR count). The van der Waals surface area contributed by atoms with Gasteiger partial charge in [-0.05, 0) is 48.2 Å². The first-order chi connectivity index (χ1) is 15.3. The van der Waals surface area contributed by atoms with Gasteiger partial charge in [0.05, 0.1) is 24.2 Å². The molecule has 0 aliphatic heterocycles. The number of carbonyl (C=O) groups excluding carboxylic acids is 1. The zero-order valence-corrected chi connectivity index (χ0v) is 19.9. The quantitative estimate of drug-likeness (QED) is 0.444. The highest BCUT2D eigenvalue weighted by Gasteiger charge is 2.25. The molecule has 0 atom stereocenters. The molecule has 0 radical (unpaired) electrons. The number of rotatable bonds is 6. The molecule has 0 unspecified atom stereocenters. The largest absolute Gasteiger partial charge is 0.469 e. The van der Waals surface area contributed by atoms with Gasteiger partial charge in [0.2, 0.25) is 10.0 Å². The van der Waals surface area contributed by atoms with Crippen LogP contribution in [0, 0.1) is 0 Å². The fraction of sp³-hybridized carbons (Fsp3) is 0.348. The van der Waals surface area contributed by atoms with Gasteiger partial charge in [-0.3, -0.25) is 4.79 Å². The van der Waals surface area contributed by atoms with Gasteiger partial charge in [0.15, 0.2) is 0 Å². The first-order valence-electron chi connectivity index (χ1n) is 10.5. The molecule has 1 aliphatic carbocycles. The van der Waals surface area contributed by atoms with Gasteiger partial charge in [0.1, 0.15) is 4.90 Å². The molecule has 1 aromatic heterocycles. The van der Waals surface area contributed by atoms with Crippen LogP contribution in [0.2, 0.25) is 10.0 Å². The number of ether oxygens (including phenoxy) is 1. The van der Waals surface area contributed by atoms with E-state index in [0.717, 1.165) is 43.0 Å². The average Bonchev–Trinajstić information content (AvgIpc) is 3.11. The lowest BCUT2D eigenvalue weighted by Crippen LogP contribution is -2.36. The molecule has 170 valence electrons. The van der Waals surface area contributed by atoms with Gasteiger partial charge in [-0.15, -0.1) is 0 Å². The van der Waals surface area contributed by atoms with Gasteiger partial charge in [-0.1, -0.05) is 54.6 Å². The van der Waals surface area contributed by atoms with E-state index in [-0.39, 0.29) is 22.4 Å². The summed E-state index contributed by atoms with van der Waals surface area (Å²) in [4.78, 5) is 15.4. The van der Waals surface area contributed by atoms with Crippen molar-refractivity contribution in [1.29, 1.82) is 0 Å². The Hall–Kier alpha value is -2.06. The average molecular weight is 495 g/mol. The van der Waals surface area contributed by atoms with Crippen molar-refractivity contribution in [2.24, 2.45) is 0 Å². The maximum Gasteiger partial charge on any atom is 0.310 e. The Kier molecular flexibility index (Phi) is 6.81. The molecule has 1 heterocycles. The third-order valence-electron chi connectivity index (χ3n) is 5.85. The number of fused-ring (bicyclic) bond motifs is 1. The van der Waals surface area contributed by atoms with Crippen molar-refractivity contribution >= 4 is 50.1 Å². The highest BCUT2D eigenvalue weighted by molar-refractivity contribution is 7.89. The standard InChI is InChI=1S/C23H24Cl2N2O4S/c1-31-22(28)13-18-17-9-8-15(24)12-20(17)26-23(18)14-7-10-19(25)21(11-14)32(29,30)27-16-5-3-2-4-6-16/h7-12,16,26-27H,2-6,13H2,1H3. The number of benzene rings is 2. The SMILES string of the molecule is COC(=O)Cc1c(-c2ccc(Cl)c(S(=O)(=O)NC3CCCCC3)c2)[nH]c2cc(Cl)ccc12. The van der Waals surface area contributed by atoms with Crippen LogP contribution in [0.25, 0.3) is 22.2 Å². The molecule has 0 amide bonds. The number of hydrogen-bond acceptors (Lipinski definition) is 4. The van der Waals surface area contributed by atoms with Crippen molar-refractivity contribution in [2.45, 2.75) is 49.5 Å². The van der Waals surface area contributed by atoms with Crippen LogP contribution in [-0.2, 0) is 26.0 Å². The minimum atomic E-state index is -3.81. The van der Waals surface area contributed by atoms with Gasteiger partial charge >= 0.3 is 5.97 Å². The molecular weight excluding hydrogens is 471 g/mol. The van der Waals surface area contributed by atoms with E-state index in [1.807, 2.05) is 6.07 Å². The Bertz CT molecular complexity index is 1260. The predicted octanol–water partition coefficient (Wildman–Crippen LogP) is 5.47. The normalized spacial score (nSPS) is 15.2. The second kappa shape index (κ2) is 9.43. The fourth-order valence-corrected chi connectivity index (χ4v) is 6.25. The zero-order valence-electron chi connectivity index (χ0n) is 17.6. The molecule has 1 saturated carbocycles. The van der Waals surface area contributed by atoms with Crippen LogP contribution in [0.4, 0.5) is 0 Å².